The second-order valence-electron chi connectivity index (χ2n) is 6.76. The lowest BCUT2D eigenvalue weighted by atomic mass is 10.2. The summed E-state index contributed by atoms with van der Waals surface area (Å²) in [5, 5.41) is 0. The Morgan fingerprint density at radius 3 is 1.69 bits per heavy atom. The molecule has 0 unspecified atom stereocenters. The topological polar surface area (TPSA) is 95.6 Å². The molecule has 1 aliphatic rings. The van der Waals surface area contributed by atoms with Crippen molar-refractivity contribution in [2.45, 2.75) is 30.6 Å². The molecule has 0 atom stereocenters. The zero-order chi connectivity index (χ0) is 20.9. The molecule has 29 heavy (non-hydrogen) atoms. The monoisotopic (exact) mass is 419 g/mol. The van der Waals surface area contributed by atoms with Crippen LogP contribution in [0.3, 0.4) is 0 Å². The Balaban J connectivity index is 1.62. The van der Waals surface area contributed by atoms with Gasteiger partial charge < -0.3 is 0 Å². The summed E-state index contributed by atoms with van der Waals surface area (Å²) in [6.07, 6.45) is 3.73. The van der Waals surface area contributed by atoms with E-state index in [4.69, 9.17) is 0 Å². The first-order chi connectivity index (χ1) is 13.9. The van der Waals surface area contributed by atoms with E-state index < -0.39 is 27.7 Å². The first-order valence-electron chi connectivity index (χ1n) is 9.34. The van der Waals surface area contributed by atoms with Crippen LogP contribution < -0.4 is 10.9 Å². The van der Waals surface area contributed by atoms with Gasteiger partial charge in [-0.05, 0) is 61.4 Å². The highest BCUT2D eigenvalue weighted by Crippen LogP contribution is 2.20. The molecule has 0 aromatic heterocycles. The zero-order valence-corrected chi connectivity index (χ0v) is 16.5. The van der Waals surface area contributed by atoms with Crippen LogP contribution in [0.4, 0.5) is 4.39 Å². The van der Waals surface area contributed by atoms with Gasteiger partial charge in [-0.25, -0.2) is 12.8 Å². The highest BCUT2D eigenvalue weighted by Gasteiger charge is 2.25. The number of carbonyl (C=O) groups is 2. The molecule has 1 saturated heterocycles. The number of sulfonamides is 1. The molecule has 0 aliphatic carbocycles. The molecule has 3 rings (SSSR count). The van der Waals surface area contributed by atoms with Crippen molar-refractivity contribution in [1.29, 1.82) is 0 Å². The number of carbonyl (C=O) groups excluding carboxylic acids is 2. The third kappa shape index (κ3) is 5.18. The number of hydrogen-bond donors (Lipinski definition) is 2. The molecule has 0 spiro atoms. The fourth-order valence-electron chi connectivity index (χ4n) is 3.07. The second-order valence-corrected chi connectivity index (χ2v) is 8.70. The Labute approximate surface area is 168 Å². The van der Waals surface area contributed by atoms with Crippen LogP contribution in [0.15, 0.2) is 53.4 Å². The fourth-order valence-corrected chi connectivity index (χ4v) is 4.59. The van der Waals surface area contributed by atoms with E-state index in [0.717, 1.165) is 37.8 Å². The molecule has 7 nitrogen and oxygen atoms in total. The summed E-state index contributed by atoms with van der Waals surface area (Å²) in [5.74, 6) is -1.67. The van der Waals surface area contributed by atoms with E-state index in [2.05, 4.69) is 10.9 Å². The number of halogens is 1. The van der Waals surface area contributed by atoms with Crippen LogP contribution in [0.2, 0.25) is 0 Å². The van der Waals surface area contributed by atoms with Crippen LogP contribution in [0.1, 0.15) is 46.4 Å². The van der Waals surface area contributed by atoms with Gasteiger partial charge in [0.2, 0.25) is 10.0 Å². The highest BCUT2D eigenvalue weighted by molar-refractivity contribution is 7.89. The second kappa shape index (κ2) is 9.15. The molecule has 0 radical (unpaired) electrons. The van der Waals surface area contributed by atoms with Crippen molar-refractivity contribution in [3.8, 4) is 0 Å². The van der Waals surface area contributed by atoms with E-state index in [1.807, 2.05) is 0 Å². The Hall–Kier alpha value is -2.78. The van der Waals surface area contributed by atoms with E-state index in [1.165, 1.54) is 40.7 Å². The average molecular weight is 419 g/mol. The minimum absolute atomic E-state index is 0.131. The van der Waals surface area contributed by atoms with E-state index >= 15 is 0 Å². The van der Waals surface area contributed by atoms with Gasteiger partial charge in [-0.2, -0.15) is 4.31 Å². The van der Waals surface area contributed by atoms with Crippen LogP contribution in [0, 0.1) is 5.82 Å². The molecule has 2 aromatic rings. The van der Waals surface area contributed by atoms with Gasteiger partial charge in [0.15, 0.2) is 0 Å². The van der Waals surface area contributed by atoms with E-state index in [0.29, 0.717) is 13.1 Å². The quantitative estimate of drug-likeness (QED) is 0.745. The average Bonchev–Trinajstić information content (AvgIpc) is 3.02. The summed E-state index contributed by atoms with van der Waals surface area (Å²) in [4.78, 5) is 24.3. The normalized spacial score (nSPS) is 15.3. The molecule has 2 N–H and O–H groups in total. The van der Waals surface area contributed by atoms with Gasteiger partial charge >= 0.3 is 0 Å². The molecule has 9 heteroatoms. The number of hydrazine groups is 1. The predicted octanol–water partition coefficient (Wildman–Crippen LogP) is 2.47. The number of hydrogen-bond acceptors (Lipinski definition) is 4. The SMILES string of the molecule is O=C(NNC(=O)c1ccc(S(=O)(=O)N2CCCCCC2)cc1)c1ccc(F)cc1. The zero-order valence-electron chi connectivity index (χ0n) is 15.7. The Bertz CT molecular complexity index is 968. The fraction of sp³-hybridized carbons (Fsp3) is 0.300. The van der Waals surface area contributed by atoms with Gasteiger partial charge in [-0.3, -0.25) is 20.4 Å². The van der Waals surface area contributed by atoms with Gasteiger partial charge in [-0.15, -0.1) is 0 Å². The maximum atomic E-state index is 12.9. The maximum absolute atomic E-state index is 12.9. The van der Waals surface area contributed by atoms with Crippen molar-refractivity contribution >= 4 is 21.8 Å². The van der Waals surface area contributed by atoms with Crippen LogP contribution in [0.25, 0.3) is 0 Å². The van der Waals surface area contributed by atoms with Gasteiger partial charge in [0.1, 0.15) is 5.82 Å². The van der Waals surface area contributed by atoms with Crippen molar-refractivity contribution in [2.24, 2.45) is 0 Å². The lowest BCUT2D eigenvalue weighted by Crippen LogP contribution is -2.41. The molecule has 0 bridgehead atoms. The maximum Gasteiger partial charge on any atom is 0.269 e. The predicted molar refractivity (Wildman–Crippen MR) is 105 cm³/mol. The van der Waals surface area contributed by atoms with Gasteiger partial charge in [0.25, 0.3) is 11.8 Å². The molecule has 2 amide bonds. The molecule has 154 valence electrons. The summed E-state index contributed by atoms with van der Waals surface area (Å²) in [6.45, 7) is 1.000. The van der Waals surface area contributed by atoms with Crippen LogP contribution in [-0.2, 0) is 10.0 Å². The van der Waals surface area contributed by atoms with Gasteiger partial charge in [0.05, 0.1) is 4.90 Å². The third-order valence-electron chi connectivity index (χ3n) is 4.72. The van der Waals surface area contributed by atoms with Crippen LogP contribution in [-0.4, -0.2) is 37.6 Å². The van der Waals surface area contributed by atoms with Crippen LogP contribution >= 0.6 is 0 Å². The van der Waals surface area contributed by atoms with Gasteiger partial charge in [0, 0.05) is 24.2 Å². The van der Waals surface area contributed by atoms with Crippen molar-refractivity contribution in [2.75, 3.05) is 13.1 Å². The summed E-state index contributed by atoms with van der Waals surface area (Å²) < 4.78 is 39.9. The van der Waals surface area contributed by atoms with E-state index in [-0.39, 0.29) is 16.0 Å². The van der Waals surface area contributed by atoms with E-state index in [1.54, 1.807) is 0 Å². The Kier molecular flexibility index (Phi) is 6.60. The first kappa shape index (κ1) is 20.9. The number of nitrogens with one attached hydrogen (secondary N) is 2. The van der Waals surface area contributed by atoms with Gasteiger partial charge in [-0.1, -0.05) is 12.8 Å². The van der Waals surface area contributed by atoms with Crippen LogP contribution in [0.5, 0.6) is 0 Å². The standard InChI is InChI=1S/C20H22FN3O4S/c21-17-9-5-15(6-10-17)19(25)22-23-20(26)16-7-11-18(12-8-16)29(27,28)24-13-3-1-2-4-14-24/h5-12H,1-4,13-14H2,(H,22,25)(H,23,26). The Morgan fingerprint density at radius 1 is 0.759 bits per heavy atom. The smallest absolute Gasteiger partial charge is 0.267 e. The number of rotatable bonds is 4. The summed E-state index contributed by atoms with van der Waals surface area (Å²) >= 11 is 0. The molecule has 1 heterocycles. The summed E-state index contributed by atoms with van der Waals surface area (Å²) in [6, 6.07) is 10.4. The molecular weight excluding hydrogens is 397 g/mol. The summed E-state index contributed by atoms with van der Waals surface area (Å²) in [5.41, 5.74) is 4.86. The molecule has 0 saturated carbocycles. The first-order valence-corrected chi connectivity index (χ1v) is 10.8. The minimum Gasteiger partial charge on any atom is -0.267 e. The number of benzene rings is 2. The molecule has 2 aromatic carbocycles. The van der Waals surface area contributed by atoms with Crippen molar-refractivity contribution in [3.63, 3.8) is 0 Å². The lowest BCUT2D eigenvalue weighted by Gasteiger charge is -2.20. The van der Waals surface area contributed by atoms with E-state index in [9.17, 15) is 22.4 Å². The highest BCUT2D eigenvalue weighted by atomic mass is 32.2. The largest absolute Gasteiger partial charge is 0.269 e. The third-order valence-corrected chi connectivity index (χ3v) is 6.63. The minimum atomic E-state index is -3.59. The molecule has 1 aliphatic heterocycles. The number of nitrogens with zero attached hydrogens (tertiary/aromatic N) is 1. The van der Waals surface area contributed by atoms with Crippen molar-refractivity contribution in [1.82, 2.24) is 15.2 Å². The molecular formula is C20H22FN3O4S. The Morgan fingerprint density at radius 2 is 1.21 bits per heavy atom. The lowest BCUT2D eigenvalue weighted by molar-refractivity contribution is 0.0846. The number of amides is 2. The summed E-state index contributed by atoms with van der Waals surface area (Å²) in [7, 11) is -3.59. The van der Waals surface area contributed by atoms with Crippen molar-refractivity contribution < 1.29 is 22.4 Å². The molecule has 1 fully saturated rings. The van der Waals surface area contributed by atoms with Crippen molar-refractivity contribution in [3.05, 3.63) is 65.5 Å².